The zero-order valence-corrected chi connectivity index (χ0v) is 21.1. The molecule has 0 radical (unpaired) electrons. The van der Waals surface area contributed by atoms with E-state index in [9.17, 15) is 0 Å². The van der Waals surface area contributed by atoms with Gasteiger partial charge in [-0.05, 0) is 92.7 Å². The summed E-state index contributed by atoms with van der Waals surface area (Å²) >= 11 is 5.87. The lowest BCUT2D eigenvalue weighted by molar-refractivity contribution is 0.415. The molecule has 0 aliphatic carbocycles. The molecule has 5 nitrogen and oxygen atoms in total. The number of fused-ring (bicyclic) bond motifs is 1. The van der Waals surface area contributed by atoms with Gasteiger partial charge in [0.1, 0.15) is 5.75 Å². The minimum absolute atomic E-state index is 0.0271. The summed E-state index contributed by atoms with van der Waals surface area (Å²) in [5, 5.41) is 4.24. The number of rotatable bonds is 4. The van der Waals surface area contributed by atoms with Crippen molar-refractivity contribution >= 4 is 34.3 Å². The van der Waals surface area contributed by atoms with E-state index in [1.54, 1.807) is 7.11 Å². The van der Waals surface area contributed by atoms with Crippen LogP contribution in [-0.2, 0) is 0 Å². The van der Waals surface area contributed by atoms with Gasteiger partial charge in [-0.2, -0.15) is 0 Å². The Bertz CT molecular complexity index is 1250. The minimum atomic E-state index is -0.0732. The van der Waals surface area contributed by atoms with Crippen LogP contribution in [0.5, 0.6) is 5.75 Å². The molecule has 1 saturated heterocycles. The number of likely N-dealkylation sites (N-methyl/N-ethyl adjacent to an activating group) is 1. The second kappa shape index (κ2) is 8.44. The molecule has 2 aliphatic rings. The van der Waals surface area contributed by atoms with Gasteiger partial charge >= 0.3 is 0 Å². The second-order valence-electron chi connectivity index (χ2n) is 9.51. The summed E-state index contributed by atoms with van der Waals surface area (Å²) in [4.78, 5) is 9.21. The number of ether oxygens (including phenoxy) is 1. The Hall–Kier alpha value is -3.38. The Labute approximate surface area is 207 Å². The molecule has 5 rings (SSSR count). The largest absolute Gasteiger partial charge is 0.497 e. The molecule has 1 N–H and O–H groups in total. The van der Waals surface area contributed by atoms with Crippen LogP contribution >= 0.6 is 12.2 Å². The Kier molecular flexibility index (Phi) is 5.56. The average Bonchev–Trinajstić information content (AvgIpc) is 3.19. The molecule has 1 fully saturated rings. The predicted molar refractivity (Wildman–Crippen MR) is 144 cm³/mol. The monoisotopic (exact) mass is 470 g/mol. The molecule has 2 atom stereocenters. The highest BCUT2D eigenvalue weighted by molar-refractivity contribution is 7.80. The van der Waals surface area contributed by atoms with Crippen molar-refractivity contribution in [2.45, 2.75) is 38.4 Å². The quantitative estimate of drug-likeness (QED) is 0.479. The molecule has 1 aromatic heterocycles. The molecule has 3 heterocycles. The maximum atomic E-state index is 5.87. The van der Waals surface area contributed by atoms with Crippen LogP contribution < -0.4 is 19.9 Å². The number of nitrogens with zero attached hydrogens (tertiary/aromatic N) is 3. The van der Waals surface area contributed by atoms with E-state index < -0.39 is 0 Å². The fraction of sp³-hybridized carbons (Fsp3) is 0.286. The van der Waals surface area contributed by atoms with Crippen LogP contribution in [0.1, 0.15) is 49.7 Å². The smallest absolute Gasteiger partial charge is 0.174 e. The third-order valence-electron chi connectivity index (χ3n) is 7.03. The van der Waals surface area contributed by atoms with Crippen molar-refractivity contribution in [2.24, 2.45) is 0 Å². The van der Waals surface area contributed by atoms with Gasteiger partial charge in [-0.3, -0.25) is 4.98 Å². The van der Waals surface area contributed by atoms with E-state index in [1.807, 2.05) is 30.5 Å². The van der Waals surface area contributed by atoms with Gasteiger partial charge in [0.05, 0.1) is 30.4 Å². The number of anilines is 2. The van der Waals surface area contributed by atoms with E-state index in [-0.39, 0.29) is 17.6 Å². The summed E-state index contributed by atoms with van der Waals surface area (Å²) < 4.78 is 5.37. The zero-order chi connectivity index (χ0) is 24.0. The number of hydrogen-bond acceptors (Lipinski definition) is 4. The number of methoxy groups -OCH3 is 1. The lowest BCUT2D eigenvalue weighted by atomic mass is 9.86. The first kappa shape index (κ1) is 22.4. The molecule has 6 heteroatoms. The number of benzene rings is 2. The van der Waals surface area contributed by atoms with Gasteiger partial charge in [0.15, 0.2) is 5.11 Å². The summed E-state index contributed by atoms with van der Waals surface area (Å²) in [7, 11) is 3.84. The third kappa shape index (κ3) is 3.72. The Morgan fingerprint density at radius 2 is 1.82 bits per heavy atom. The van der Waals surface area contributed by atoms with Crippen LogP contribution in [-0.4, -0.2) is 29.8 Å². The van der Waals surface area contributed by atoms with Crippen LogP contribution in [0, 0.1) is 0 Å². The molecule has 0 spiro atoms. The van der Waals surface area contributed by atoms with E-state index in [4.69, 9.17) is 17.0 Å². The van der Waals surface area contributed by atoms with Crippen molar-refractivity contribution < 1.29 is 4.74 Å². The van der Waals surface area contributed by atoms with E-state index in [2.05, 4.69) is 90.4 Å². The average molecular weight is 471 g/mol. The first-order valence-electron chi connectivity index (χ1n) is 11.5. The number of thiocarbonyl (C=S) groups is 1. The second-order valence-corrected chi connectivity index (χ2v) is 9.90. The van der Waals surface area contributed by atoms with Crippen molar-refractivity contribution in [3.05, 3.63) is 89.8 Å². The van der Waals surface area contributed by atoms with Crippen LogP contribution in [0.25, 0.3) is 5.57 Å². The van der Waals surface area contributed by atoms with E-state index >= 15 is 0 Å². The highest BCUT2D eigenvalue weighted by Crippen LogP contribution is 2.45. The van der Waals surface area contributed by atoms with Crippen LogP contribution in [0.2, 0.25) is 0 Å². The van der Waals surface area contributed by atoms with E-state index in [1.165, 1.54) is 22.4 Å². The van der Waals surface area contributed by atoms with Gasteiger partial charge in [-0.15, -0.1) is 0 Å². The van der Waals surface area contributed by atoms with Gasteiger partial charge < -0.3 is 19.9 Å². The van der Waals surface area contributed by atoms with Gasteiger partial charge in [-0.25, -0.2) is 0 Å². The van der Waals surface area contributed by atoms with Crippen molar-refractivity contribution in [2.75, 3.05) is 24.0 Å². The molecular weight excluding hydrogens is 440 g/mol. The molecule has 0 saturated carbocycles. The Morgan fingerprint density at radius 3 is 2.50 bits per heavy atom. The van der Waals surface area contributed by atoms with Gasteiger partial charge in [0.25, 0.3) is 0 Å². The van der Waals surface area contributed by atoms with Crippen molar-refractivity contribution in [1.82, 2.24) is 10.3 Å². The lowest BCUT2D eigenvalue weighted by Crippen LogP contribution is -2.42. The van der Waals surface area contributed by atoms with Crippen LogP contribution in [0.15, 0.2) is 72.9 Å². The van der Waals surface area contributed by atoms with E-state index in [0.717, 1.165) is 17.1 Å². The van der Waals surface area contributed by atoms with Crippen LogP contribution in [0.4, 0.5) is 11.4 Å². The molecule has 2 aliphatic heterocycles. The fourth-order valence-corrected chi connectivity index (χ4v) is 5.42. The summed E-state index contributed by atoms with van der Waals surface area (Å²) in [6.07, 6.45) is 4.18. The van der Waals surface area contributed by atoms with Gasteiger partial charge in [0, 0.05) is 30.2 Å². The fourth-order valence-electron chi connectivity index (χ4n) is 5.08. The first-order chi connectivity index (χ1) is 16.3. The van der Waals surface area contributed by atoms with Gasteiger partial charge in [-0.1, -0.05) is 18.2 Å². The number of nitrogens with one attached hydrogen (secondary N) is 1. The van der Waals surface area contributed by atoms with Gasteiger partial charge in [0.2, 0.25) is 0 Å². The normalized spacial score (nSPS) is 21.1. The molecule has 0 bridgehead atoms. The Balaban J connectivity index is 1.64. The number of pyridine rings is 1. The number of aromatic nitrogens is 1. The third-order valence-corrected chi connectivity index (χ3v) is 7.35. The first-order valence-corrected chi connectivity index (χ1v) is 11.9. The molecule has 0 unspecified atom stereocenters. The van der Waals surface area contributed by atoms with Crippen LogP contribution in [0.3, 0.4) is 0 Å². The molecule has 174 valence electrons. The topological polar surface area (TPSA) is 40.6 Å². The van der Waals surface area contributed by atoms with E-state index in [0.29, 0.717) is 5.11 Å². The summed E-state index contributed by atoms with van der Waals surface area (Å²) in [6, 6.07) is 20.8. The highest BCUT2D eigenvalue weighted by Gasteiger charge is 2.41. The lowest BCUT2D eigenvalue weighted by Gasteiger charge is -2.41. The Morgan fingerprint density at radius 1 is 1.06 bits per heavy atom. The van der Waals surface area contributed by atoms with Crippen molar-refractivity contribution in [1.29, 1.82) is 0 Å². The number of allylic oxidation sites excluding steroid dienone is 1. The molecule has 0 amide bonds. The highest BCUT2D eigenvalue weighted by atomic mass is 32.1. The SMILES string of the molecule is COc1ccc(N2C(=S)N[C@H](c3ccccn3)[C@H]2c2ccc3c(c2)C(C)=CC(C)(C)N3C)cc1. The minimum Gasteiger partial charge on any atom is -0.497 e. The molecule has 34 heavy (non-hydrogen) atoms. The van der Waals surface area contributed by atoms with Crippen molar-refractivity contribution in [3.8, 4) is 5.75 Å². The molecule has 3 aromatic rings. The van der Waals surface area contributed by atoms with Crippen molar-refractivity contribution in [3.63, 3.8) is 0 Å². The standard InChI is InChI=1S/C28H30N4OS/c1-18-17-28(2,3)31(4)24-14-9-19(16-22(18)24)26-25(23-8-6-7-15-29-23)30-27(34)32(26)20-10-12-21(33-5)13-11-20/h6-17,25-26H,1-5H3,(H,30,34)/t25-,26-/m1/s1. The summed E-state index contributed by atoms with van der Waals surface area (Å²) in [6.45, 7) is 6.69. The molecule has 2 aromatic carbocycles. The number of hydrogen-bond donors (Lipinski definition) is 1. The predicted octanol–water partition coefficient (Wildman–Crippen LogP) is 5.90. The summed E-state index contributed by atoms with van der Waals surface area (Å²) in [5.41, 5.74) is 6.94. The maximum Gasteiger partial charge on any atom is 0.174 e. The molecular formula is C28H30N4OS. The zero-order valence-electron chi connectivity index (χ0n) is 20.2. The maximum absolute atomic E-state index is 5.87. The summed E-state index contributed by atoms with van der Waals surface area (Å²) in [5.74, 6) is 0.819.